The van der Waals surface area contributed by atoms with E-state index in [1.165, 1.54) is 4.90 Å². The van der Waals surface area contributed by atoms with Gasteiger partial charge in [0.05, 0.1) is 0 Å². The molecule has 1 heterocycles. The molecule has 40 heavy (non-hydrogen) atoms. The Bertz CT molecular complexity index is 1420. The van der Waals surface area contributed by atoms with Gasteiger partial charge in [0, 0.05) is 24.1 Å². The summed E-state index contributed by atoms with van der Waals surface area (Å²) in [5.74, 6) is -0.520. The Labute approximate surface area is 235 Å². The van der Waals surface area contributed by atoms with Gasteiger partial charge in [-0.3, -0.25) is 14.5 Å². The third kappa shape index (κ3) is 6.76. The molecule has 4 rings (SSSR count). The van der Waals surface area contributed by atoms with Crippen LogP contribution in [0, 0.1) is 5.92 Å². The van der Waals surface area contributed by atoms with Gasteiger partial charge in [-0.1, -0.05) is 74.5 Å². The van der Waals surface area contributed by atoms with Crippen molar-refractivity contribution in [3.8, 4) is 11.1 Å². The van der Waals surface area contributed by atoms with Crippen LogP contribution in [0.15, 0.2) is 60.7 Å². The number of hydrogen-bond acceptors (Lipinski definition) is 6. The average molecular weight is 544 g/mol. The van der Waals surface area contributed by atoms with E-state index in [0.29, 0.717) is 42.9 Å². The van der Waals surface area contributed by atoms with E-state index < -0.39 is 30.3 Å². The SMILES string of the molecule is CC(C)CC(=O)c1ccc(-c2ccc(C(=O)COC(=O)C3CCCN3C(=O)OC(C)(C)C)c3ccccc23)cc1. The number of esters is 1. The first kappa shape index (κ1) is 29.0. The first-order valence-electron chi connectivity index (χ1n) is 13.8. The average Bonchev–Trinajstić information content (AvgIpc) is 3.40. The molecular weight excluding hydrogens is 506 g/mol. The zero-order valence-electron chi connectivity index (χ0n) is 23.9. The number of carbonyl (C=O) groups excluding carboxylic acids is 4. The van der Waals surface area contributed by atoms with Gasteiger partial charge in [-0.25, -0.2) is 9.59 Å². The van der Waals surface area contributed by atoms with E-state index in [-0.39, 0.29) is 11.6 Å². The topological polar surface area (TPSA) is 90.0 Å². The van der Waals surface area contributed by atoms with Crippen LogP contribution in [-0.2, 0) is 14.3 Å². The standard InChI is InChI=1S/C33H37NO6/c1-21(2)19-29(35)23-14-12-22(13-15-23)24-16-17-27(26-10-7-6-9-25(24)26)30(36)20-39-31(37)28-11-8-18-34(28)32(38)40-33(3,4)5/h6-7,9-10,12-17,21,28H,8,11,18-20H2,1-5H3. The number of carbonyl (C=O) groups is 4. The van der Waals surface area contributed by atoms with Crippen LogP contribution in [0.25, 0.3) is 21.9 Å². The van der Waals surface area contributed by atoms with Crippen LogP contribution in [0.5, 0.6) is 0 Å². The summed E-state index contributed by atoms with van der Waals surface area (Å²) in [7, 11) is 0. The van der Waals surface area contributed by atoms with Crippen LogP contribution in [0.2, 0.25) is 0 Å². The summed E-state index contributed by atoms with van der Waals surface area (Å²) in [6, 6.07) is 18.0. The van der Waals surface area contributed by atoms with E-state index in [1.807, 2.05) is 68.4 Å². The minimum absolute atomic E-state index is 0.119. The molecule has 0 saturated carbocycles. The van der Waals surface area contributed by atoms with Crippen molar-refractivity contribution in [1.29, 1.82) is 0 Å². The summed E-state index contributed by atoms with van der Waals surface area (Å²) in [5.41, 5.74) is 2.33. The van der Waals surface area contributed by atoms with Gasteiger partial charge in [0.2, 0.25) is 5.78 Å². The van der Waals surface area contributed by atoms with E-state index in [4.69, 9.17) is 9.47 Å². The van der Waals surface area contributed by atoms with E-state index in [0.717, 1.165) is 21.9 Å². The van der Waals surface area contributed by atoms with Crippen molar-refractivity contribution in [3.63, 3.8) is 0 Å². The van der Waals surface area contributed by atoms with Crippen molar-refractivity contribution in [3.05, 3.63) is 71.8 Å². The lowest BCUT2D eigenvalue weighted by molar-refractivity contribution is -0.147. The molecule has 1 aliphatic rings. The Kier molecular flexibility index (Phi) is 8.72. The molecule has 210 valence electrons. The van der Waals surface area contributed by atoms with Gasteiger partial charge in [0.1, 0.15) is 11.6 Å². The van der Waals surface area contributed by atoms with Gasteiger partial charge in [0.15, 0.2) is 12.4 Å². The molecule has 1 fully saturated rings. The number of fused-ring (bicyclic) bond motifs is 1. The Morgan fingerprint density at radius 3 is 2.23 bits per heavy atom. The van der Waals surface area contributed by atoms with E-state index >= 15 is 0 Å². The van der Waals surface area contributed by atoms with Gasteiger partial charge in [0.25, 0.3) is 0 Å². The smallest absolute Gasteiger partial charge is 0.411 e. The Morgan fingerprint density at radius 1 is 0.900 bits per heavy atom. The highest BCUT2D eigenvalue weighted by Crippen LogP contribution is 2.32. The summed E-state index contributed by atoms with van der Waals surface area (Å²) in [5, 5.41) is 1.63. The third-order valence-electron chi connectivity index (χ3n) is 6.83. The molecule has 1 saturated heterocycles. The normalized spacial score (nSPS) is 15.3. The highest BCUT2D eigenvalue weighted by Gasteiger charge is 2.38. The lowest BCUT2D eigenvalue weighted by Crippen LogP contribution is -2.44. The second-order valence-corrected chi connectivity index (χ2v) is 11.7. The van der Waals surface area contributed by atoms with Gasteiger partial charge >= 0.3 is 12.1 Å². The third-order valence-corrected chi connectivity index (χ3v) is 6.83. The number of ether oxygens (including phenoxy) is 2. The summed E-state index contributed by atoms with van der Waals surface area (Å²) in [4.78, 5) is 52.4. The van der Waals surface area contributed by atoms with Crippen molar-refractivity contribution in [2.24, 2.45) is 5.92 Å². The number of benzene rings is 3. The molecular formula is C33H37NO6. The lowest BCUT2D eigenvalue weighted by atomic mass is 9.92. The molecule has 0 aromatic heterocycles. The van der Waals surface area contributed by atoms with Gasteiger partial charge < -0.3 is 9.47 Å². The highest BCUT2D eigenvalue weighted by atomic mass is 16.6. The van der Waals surface area contributed by atoms with Crippen LogP contribution in [0.1, 0.15) is 74.6 Å². The zero-order valence-corrected chi connectivity index (χ0v) is 23.9. The number of ketones is 2. The minimum Gasteiger partial charge on any atom is -0.456 e. The second kappa shape index (κ2) is 12.0. The van der Waals surface area contributed by atoms with Crippen molar-refractivity contribution >= 4 is 34.4 Å². The highest BCUT2D eigenvalue weighted by molar-refractivity contribution is 6.12. The van der Waals surface area contributed by atoms with Crippen molar-refractivity contribution < 1.29 is 28.7 Å². The van der Waals surface area contributed by atoms with Gasteiger partial charge in [-0.15, -0.1) is 0 Å². The molecule has 7 heteroatoms. The summed E-state index contributed by atoms with van der Waals surface area (Å²) >= 11 is 0. The lowest BCUT2D eigenvalue weighted by Gasteiger charge is -2.27. The molecule has 1 unspecified atom stereocenters. The van der Waals surface area contributed by atoms with E-state index in [9.17, 15) is 19.2 Å². The zero-order chi connectivity index (χ0) is 29.0. The van der Waals surface area contributed by atoms with Crippen molar-refractivity contribution in [2.45, 2.75) is 65.5 Å². The number of likely N-dealkylation sites (tertiary alicyclic amines) is 1. The molecule has 7 nitrogen and oxygen atoms in total. The maximum atomic E-state index is 13.2. The molecule has 0 radical (unpaired) electrons. The molecule has 1 aliphatic heterocycles. The molecule has 1 amide bonds. The first-order valence-corrected chi connectivity index (χ1v) is 13.8. The maximum absolute atomic E-state index is 13.2. The molecule has 3 aromatic rings. The van der Waals surface area contributed by atoms with Crippen LogP contribution in [0.3, 0.4) is 0 Å². The number of Topliss-reactive ketones (excluding diaryl/α,β-unsaturated/α-hetero) is 2. The molecule has 0 bridgehead atoms. The fraction of sp³-hybridized carbons (Fsp3) is 0.394. The molecule has 1 atom stereocenters. The number of amides is 1. The Balaban J connectivity index is 1.49. The summed E-state index contributed by atoms with van der Waals surface area (Å²) in [6.07, 6.45) is 1.07. The van der Waals surface area contributed by atoms with Crippen LogP contribution in [-0.4, -0.2) is 53.3 Å². The number of nitrogens with zero attached hydrogens (tertiary/aromatic N) is 1. The maximum Gasteiger partial charge on any atom is 0.411 e. The summed E-state index contributed by atoms with van der Waals surface area (Å²) < 4.78 is 10.8. The molecule has 0 spiro atoms. The monoisotopic (exact) mass is 543 g/mol. The van der Waals surface area contributed by atoms with Crippen molar-refractivity contribution in [2.75, 3.05) is 13.2 Å². The van der Waals surface area contributed by atoms with Crippen molar-refractivity contribution in [1.82, 2.24) is 4.90 Å². The van der Waals surface area contributed by atoms with E-state index in [2.05, 4.69) is 0 Å². The van der Waals surface area contributed by atoms with Gasteiger partial charge in [-0.05, 0) is 61.4 Å². The number of hydrogen-bond donors (Lipinski definition) is 0. The Morgan fingerprint density at radius 2 is 1.57 bits per heavy atom. The first-order chi connectivity index (χ1) is 18.9. The summed E-state index contributed by atoms with van der Waals surface area (Å²) in [6.45, 7) is 9.34. The Hall–Kier alpha value is -4.00. The van der Waals surface area contributed by atoms with Gasteiger partial charge in [-0.2, -0.15) is 0 Å². The molecule has 3 aromatic carbocycles. The largest absolute Gasteiger partial charge is 0.456 e. The quantitative estimate of drug-likeness (QED) is 0.228. The predicted octanol–water partition coefficient (Wildman–Crippen LogP) is 6.86. The number of rotatable bonds is 8. The fourth-order valence-corrected chi connectivity index (χ4v) is 4.98. The fourth-order valence-electron chi connectivity index (χ4n) is 4.98. The van der Waals surface area contributed by atoms with E-state index in [1.54, 1.807) is 26.8 Å². The minimum atomic E-state index is -0.767. The van der Waals surface area contributed by atoms with Crippen LogP contribution in [0.4, 0.5) is 4.79 Å². The second-order valence-electron chi connectivity index (χ2n) is 11.7. The molecule has 0 N–H and O–H groups in total. The van der Waals surface area contributed by atoms with Crippen LogP contribution >= 0.6 is 0 Å². The predicted molar refractivity (Wildman–Crippen MR) is 154 cm³/mol. The van der Waals surface area contributed by atoms with Crippen LogP contribution < -0.4 is 0 Å². The molecule has 0 aliphatic carbocycles.